The van der Waals surface area contributed by atoms with E-state index in [4.69, 9.17) is 0 Å². The summed E-state index contributed by atoms with van der Waals surface area (Å²) < 4.78 is 0. The molecule has 0 spiro atoms. The second-order valence-electron chi connectivity index (χ2n) is 4.56. The highest BCUT2D eigenvalue weighted by Gasteiger charge is 2.06. The predicted octanol–water partition coefficient (Wildman–Crippen LogP) is 3.58. The Morgan fingerprint density at radius 2 is 2.12 bits per heavy atom. The van der Waals surface area contributed by atoms with Gasteiger partial charge in [-0.1, -0.05) is 48.9 Å². The first-order chi connectivity index (χ1) is 8.15. The van der Waals surface area contributed by atoms with Crippen LogP contribution in [0.4, 0.5) is 5.13 Å². The summed E-state index contributed by atoms with van der Waals surface area (Å²) in [5.74, 6) is 0.612. The number of benzene rings is 1. The molecule has 3 nitrogen and oxygen atoms in total. The Bertz CT molecular complexity index is 491. The van der Waals surface area contributed by atoms with Crippen molar-refractivity contribution < 1.29 is 0 Å². The Morgan fingerprint density at radius 1 is 1.29 bits per heavy atom. The summed E-state index contributed by atoms with van der Waals surface area (Å²) >= 11 is 1.60. The normalized spacial score (nSPS) is 10.8. The summed E-state index contributed by atoms with van der Waals surface area (Å²) in [5.41, 5.74) is 2.38. The average molecular weight is 247 g/mol. The molecule has 17 heavy (non-hydrogen) atoms. The second kappa shape index (κ2) is 5.27. The van der Waals surface area contributed by atoms with Gasteiger partial charge in [0.1, 0.15) is 5.01 Å². The Balaban J connectivity index is 2.12. The molecule has 0 atom stereocenters. The highest BCUT2D eigenvalue weighted by atomic mass is 32.1. The van der Waals surface area contributed by atoms with Gasteiger partial charge in [0.25, 0.3) is 0 Å². The topological polar surface area (TPSA) is 37.8 Å². The number of aromatic nitrogens is 2. The van der Waals surface area contributed by atoms with Crippen LogP contribution in [0.25, 0.3) is 10.6 Å². The van der Waals surface area contributed by atoms with Crippen LogP contribution in [-0.4, -0.2) is 16.7 Å². The highest BCUT2D eigenvalue weighted by Crippen LogP contribution is 2.26. The molecule has 2 rings (SSSR count). The Kier molecular flexibility index (Phi) is 3.74. The van der Waals surface area contributed by atoms with Crippen LogP contribution in [0.1, 0.15) is 19.4 Å². The summed E-state index contributed by atoms with van der Waals surface area (Å²) in [6.45, 7) is 7.37. The van der Waals surface area contributed by atoms with Gasteiger partial charge in [-0.05, 0) is 18.9 Å². The number of anilines is 1. The van der Waals surface area contributed by atoms with Gasteiger partial charge in [0.05, 0.1) is 0 Å². The van der Waals surface area contributed by atoms with E-state index in [-0.39, 0.29) is 0 Å². The maximum atomic E-state index is 4.21. The summed E-state index contributed by atoms with van der Waals surface area (Å²) in [7, 11) is 0. The number of nitrogens with one attached hydrogen (secondary N) is 1. The maximum absolute atomic E-state index is 4.21. The highest BCUT2D eigenvalue weighted by molar-refractivity contribution is 7.18. The SMILES string of the molecule is Cc1cccc(-c2nnc(NCC(C)C)s2)c1. The van der Waals surface area contributed by atoms with Crippen LogP contribution < -0.4 is 5.32 Å². The quantitative estimate of drug-likeness (QED) is 0.897. The molecule has 0 unspecified atom stereocenters. The molecule has 0 saturated heterocycles. The van der Waals surface area contributed by atoms with Crippen molar-refractivity contribution in [2.75, 3.05) is 11.9 Å². The van der Waals surface area contributed by atoms with Gasteiger partial charge in [-0.25, -0.2) is 0 Å². The summed E-state index contributed by atoms with van der Waals surface area (Å²) in [6.07, 6.45) is 0. The van der Waals surface area contributed by atoms with E-state index in [2.05, 4.69) is 54.5 Å². The number of rotatable bonds is 4. The lowest BCUT2D eigenvalue weighted by molar-refractivity contribution is 0.687. The summed E-state index contributed by atoms with van der Waals surface area (Å²) in [6, 6.07) is 8.34. The van der Waals surface area contributed by atoms with Gasteiger partial charge >= 0.3 is 0 Å². The lowest BCUT2D eigenvalue weighted by Crippen LogP contribution is -2.07. The first kappa shape index (κ1) is 12.0. The number of hydrogen-bond acceptors (Lipinski definition) is 4. The van der Waals surface area contributed by atoms with Gasteiger partial charge in [0.15, 0.2) is 0 Å². The van der Waals surface area contributed by atoms with Crippen LogP contribution in [0.5, 0.6) is 0 Å². The van der Waals surface area contributed by atoms with Crippen molar-refractivity contribution in [2.45, 2.75) is 20.8 Å². The van der Waals surface area contributed by atoms with Gasteiger partial charge in [-0.3, -0.25) is 0 Å². The third kappa shape index (κ3) is 3.27. The molecule has 2 aromatic rings. The fourth-order valence-corrected chi connectivity index (χ4v) is 2.23. The van der Waals surface area contributed by atoms with Crippen LogP contribution in [-0.2, 0) is 0 Å². The molecule has 1 aromatic carbocycles. The van der Waals surface area contributed by atoms with Crippen molar-refractivity contribution in [1.29, 1.82) is 0 Å². The van der Waals surface area contributed by atoms with Gasteiger partial charge in [0.2, 0.25) is 5.13 Å². The molecule has 0 aliphatic carbocycles. The predicted molar refractivity (Wildman–Crippen MR) is 73.4 cm³/mol. The van der Waals surface area contributed by atoms with Crippen LogP contribution in [0.15, 0.2) is 24.3 Å². The van der Waals surface area contributed by atoms with E-state index in [1.807, 2.05) is 6.07 Å². The largest absolute Gasteiger partial charge is 0.360 e. The Labute approximate surface area is 106 Å². The molecule has 1 aromatic heterocycles. The van der Waals surface area contributed by atoms with Crippen molar-refractivity contribution in [3.8, 4) is 10.6 Å². The third-order valence-electron chi connectivity index (χ3n) is 2.35. The lowest BCUT2D eigenvalue weighted by Gasteiger charge is -2.03. The van der Waals surface area contributed by atoms with E-state index in [1.165, 1.54) is 5.56 Å². The molecular weight excluding hydrogens is 230 g/mol. The fourth-order valence-electron chi connectivity index (χ4n) is 1.48. The van der Waals surface area contributed by atoms with Crippen molar-refractivity contribution >= 4 is 16.5 Å². The summed E-state index contributed by atoms with van der Waals surface area (Å²) in [5, 5.41) is 13.5. The summed E-state index contributed by atoms with van der Waals surface area (Å²) in [4.78, 5) is 0. The first-order valence-corrected chi connectivity index (χ1v) is 6.61. The first-order valence-electron chi connectivity index (χ1n) is 5.79. The van der Waals surface area contributed by atoms with Gasteiger partial charge < -0.3 is 5.32 Å². The second-order valence-corrected chi connectivity index (χ2v) is 5.53. The monoisotopic (exact) mass is 247 g/mol. The average Bonchev–Trinajstić information content (AvgIpc) is 2.75. The van der Waals surface area contributed by atoms with E-state index in [0.29, 0.717) is 5.92 Å². The van der Waals surface area contributed by atoms with Gasteiger partial charge in [-0.2, -0.15) is 0 Å². The molecule has 90 valence electrons. The van der Waals surface area contributed by atoms with Crippen LogP contribution in [0.2, 0.25) is 0 Å². The zero-order valence-electron chi connectivity index (χ0n) is 10.4. The molecule has 4 heteroatoms. The van der Waals surface area contributed by atoms with Crippen LogP contribution >= 0.6 is 11.3 Å². The standard InChI is InChI=1S/C13H17N3S/c1-9(2)8-14-13-16-15-12(17-13)11-6-4-5-10(3)7-11/h4-7,9H,8H2,1-3H3,(H,14,16). The third-order valence-corrected chi connectivity index (χ3v) is 3.28. The van der Waals surface area contributed by atoms with Crippen molar-refractivity contribution in [3.63, 3.8) is 0 Å². The van der Waals surface area contributed by atoms with E-state index < -0.39 is 0 Å². The molecule has 0 radical (unpaired) electrons. The lowest BCUT2D eigenvalue weighted by atomic mass is 10.1. The van der Waals surface area contributed by atoms with E-state index in [9.17, 15) is 0 Å². The van der Waals surface area contributed by atoms with E-state index in [1.54, 1.807) is 11.3 Å². The minimum absolute atomic E-state index is 0.612. The van der Waals surface area contributed by atoms with Gasteiger partial charge in [-0.15, -0.1) is 10.2 Å². The maximum Gasteiger partial charge on any atom is 0.206 e. The zero-order chi connectivity index (χ0) is 12.3. The molecule has 0 aliphatic rings. The van der Waals surface area contributed by atoms with Crippen molar-refractivity contribution in [2.24, 2.45) is 5.92 Å². The number of aryl methyl sites for hydroxylation is 1. The molecule has 0 amide bonds. The molecule has 0 bridgehead atoms. The Morgan fingerprint density at radius 3 is 2.82 bits per heavy atom. The molecule has 1 N–H and O–H groups in total. The Hall–Kier alpha value is -1.42. The molecular formula is C13H17N3S. The van der Waals surface area contributed by atoms with Gasteiger partial charge in [0, 0.05) is 12.1 Å². The van der Waals surface area contributed by atoms with Crippen LogP contribution in [0.3, 0.4) is 0 Å². The van der Waals surface area contributed by atoms with E-state index >= 15 is 0 Å². The van der Waals surface area contributed by atoms with E-state index in [0.717, 1.165) is 22.2 Å². The van der Waals surface area contributed by atoms with Crippen molar-refractivity contribution in [3.05, 3.63) is 29.8 Å². The van der Waals surface area contributed by atoms with Crippen molar-refractivity contribution in [1.82, 2.24) is 10.2 Å². The smallest absolute Gasteiger partial charge is 0.206 e. The fraction of sp³-hybridized carbons (Fsp3) is 0.385. The molecule has 0 fully saturated rings. The molecule has 0 saturated carbocycles. The molecule has 0 aliphatic heterocycles. The molecule has 1 heterocycles. The zero-order valence-corrected chi connectivity index (χ0v) is 11.2. The number of nitrogens with zero attached hydrogens (tertiary/aromatic N) is 2. The van der Waals surface area contributed by atoms with Crippen LogP contribution in [0, 0.1) is 12.8 Å². The minimum Gasteiger partial charge on any atom is -0.360 e. The number of hydrogen-bond donors (Lipinski definition) is 1. The minimum atomic E-state index is 0.612.